The van der Waals surface area contributed by atoms with E-state index >= 15 is 0 Å². The average molecular weight is 1740 g/mol. The van der Waals surface area contributed by atoms with E-state index in [1.165, 1.54) is 225 Å². The van der Waals surface area contributed by atoms with Gasteiger partial charge in [0.1, 0.15) is 25.4 Å². The lowest BCUT2D eigenvalue weighted by molar-refractivity contribution is -0.161. The van der Waals surface area contributed by atoms with Gasteiger partial charge in [0.15, 0.2) is 6.10 Å². The summed E-state index contributed by atoms with van der Waals surface area (Å²) >= 11 is 0. The second-order valence-electron chi connectivity index (χ2n) is 32.8. The summed E-state index contributed by atoms with van der Waals surface area (Å²) in [4.78, 5) is 59.0. The Kier molecular flexibility index (Phi) is 91.0. The number of hydrogen-bond acceptors (Lipinski definition) is 14. The molecule has 5 atom stereocenters. The van der Waals surface area contributed by atoms with Crippen molar-refractivity contribution in [1.29, 1.82) is 0 Å². The second kappa shape index (κ2) is 94.6. The number of unbranched alkanes of at least 4 members (excludes halogenated alkanes) is 46. The molecule has 0 spiro atoms. The van der Waals surface area contributed by atoms with Crippen LogP contribution in [0.1, 0.15) is 432 Å². The van der Waals surface area contributed by atoms with Gasteiger partial charge in [0.2, 0.25) is 0 Å². The first-order chi connectivity index (χ1) is 59.2. The molecule has 0 saturated carbocycles. The number of allylic oxidation sites excluding steroid dienone is 24. The van der Waals surface area contributed by atoms with E-state index in [-0.39, 0.29) is 19.3 Å². The highest BCUT2D eigenvalue weighted by molar-refractivity contribution is 7.47. The predicted molar refractivity (Wildman–Crippen MR) is 509 cm³/mol. The van der Waals surface area contributed by atoms with Gasteiger partial charge in [-0.05, 0) is 141 Å². The fourth-order valence-electron chi connectivity index (χ4n) is 13.7. The smallest absolute Gasteiger partial charge is 0.463 e. The Morgan fingerprint density at radius 1 is 0.240 bits per heavy atom. The first kappa shape index (κ1) is 116. The van der Waals surface area contributed by atoms with E-state index < -0.39 is 91.5 Å². The van der Waals surface area contributed by atoms with Crippen LogP contribution in [0, 0.1) is 0 Å². The Morgan fingerprint density at radius 3 is 0.702 bits per heavy atom. The third kappa shape index (κ3) is 95.9. The van der Waals surface area contributed by atoms with Crippen LogP contribution in [0.4, 0.5) is 0 Å². The number of phosphoric ester groups is 2. The van der Waals surface area contributed by atoms with E-state index in [0.29, 0.717) is 19.3 Å². The van der Waals surface area contributed by atoms with Crippen LogP contribution in [0.25, 0.3) is 0 Å². The zero-order chi connectivity index (χ0) is 87.9. The predicted octanol–water partition coefficient (Wildman–Crippen LogP) is 30.7. The molecule has 18 heteroatoms. The number of esters is 3. The van der Waals surface area contributed by atoms with E-state index in [9.17, 15) is 43.5 Å². The SMILES string of the molecule is CC/C=C\C/C=C\C/C=C\C/C=C\C/C=C\C/C=C\CCCCCCCCCCCCCCCCCCC(=O)OCC(O)COP(=O)(O)OCC(O)COP(=O)(O)OCC(COC(=O)CCCCCCCCCCCCCCCCCCCCC/C=C\C/C=C\C/C=C\C/C=C\C/C=C\CC)OC(=O)CCCCCCC/C=C\CCCCCCCC. The van der Waals surface area contributed by atoms with Crippen molar-refractivity contribution in [3.05, 3.63) is 146 Å². The normalized spacial score (nSPS) is 14.3. The van der Waals surface area contributed by atoms with Crippen LogP contribution in [0.2, 0.25) is 0 Å². The number of rotatable bonds is 93. The van der Waals surface area contributed by atoms with Gasteiger partial charge in [0.05, 0.1) is 26.4 Å². The fraction of sp³-hybridized carbons (Fsp3) is 0.738. The van der Waals surface area contributed by atoms with Crippen molar-refractivity contribution in [3.63, 3.8) is 0 Å². The molecule has 0 aliphatic rings. The summed E-state index contributed by atoms with van der Waals surface area (Å²) in [6.45, 7) is 2.51. The third-order valence-electron chi connectivity index (χ3n) is 21.0. The molecule has 4 N–H and O–H groups in total. The summed E-state index contributed by atoms with van der Waals surface area (Å²) in [5.41, 5.74) is 0. The number of aliphatic hydroxyl groups is 2. The van der Waals surface area contributed by atoms with Gasteiger partial charge in [-0.2, -0.15) is 0 Å². The first-order valence-corrected chi connectivity index (χ1v) is 52.1. The van der Waals surface area contributed by atoms with Crippen molar-refractivity contribution >= 4 is 33.6 Å². The number of carbonyl (C=O) groups excluding carboxylic acids is 3. The van der Waals surface area contributed by atoms with Gasteiger partial charge < -0.3 is 34.2 Å². The highest BCUT2D eigenvalue weighted by Crippen LogP contribution is 2.45. The molecular formula is C103H180O16P2. The molecule has 0 aromatic rings. The lowest BCUT2D eigenvalue weighted by Gasteiger charge is -2.21. The van der Waals surface area contributed by atoms with E-state index in [2.05, 4.69) is 167 Å². The molecule has 121 heavy (non-hydrogen) atoms. The van der Waals surface area contributed by atoms with Crippen LogP contribution >= 0.6 is 15.6 Å². The third-order valence-corrected chi connectivity index (χ3v) is 22.9. The highest BCUT2D eigenvalue weighted by atomic mass is 31.2. The lowest BCUT2D eigenvalue weighted by atomic mass is 10.0. The molecule has 698 valence electrons. The number of hydrogen-bond donors (Lipinski definition) is 4. The average Bonchev–Trinajstić information content (AvgIpc) is 0.890. The van der Waals surface area contributed by atoms with Crippen molar-refractivity contribution in [1.82, 2.24) is 0 Å². The second-order valence-corrected chi connectivity index (χ2v) is 35.7. The summed E-state index contributed by atoms with van der Waals surface area (Å²) in [6.07, 6.45) is 121. The highest BCUT2D eigenvalue weighted by Gasteiger charge is 2.30. The van der Waals surface area contributed by atoms with Gasteiger partial charge in [-0.3, -0.25) is 32.5 Å². The van der Waals surface area contributed by atoms with Gasteiger partial charge in [0, 0.05) is 19.3 Å². The van der Waals surface area contributed by atoms with Crippen molar-refractivity contribution in [2.75, 3.05) is 39.6 Å². The fourth-order valence-corrected chi connectivity index (χ4v) is 15.2. The maximum absolute atomic E-state index is 13.0. The molecule has 0 amide bonds. The molecule has 5 unspecified atom stereocenters. The standard InChI is InChI=1S/C103H180O16P2/c1-4-7-10-13-16-19-22-25-28-30-32-34-36-38-40-42-44-46-48-50-52-54-56-58-60-62-64-66-69-71-74-77-80-83-86-89-101(106)113-92-98(104)93-115-120(109,110)116-94-99(105)95-117-121(111,112)118-97-100(119-103(108)91-88-85-82-79-76-73-68-27-24-21-18-15-12-9-6-3)96-114-102(107)90-87-84-81-78-75-72-70-67-65-63-61-59-57-55-53-51-49-47-45-43-41-39-37-35-33-31-29-26-23-20-17-14-11-8-5-2/h7-8,10-11,16-17,19-20,25-29,32-35,38-41,44,46,68,98-100,104-105H,4-6,9,12-15,18,21-24,30-31,36-37,42-43,45,47-67,69-97H2,1-3H3,(H,109,110)(H,111,112)/b10-7-,11-8-,19-16-,20-17-,28-25-,29-26-,34-32-,35-33-,40-38-,41-39-,46-44-,68-27-. The Balaban J connectivity index is 4.40. The van der Waals surface area contributed by atoms with Gasteiger partial charge in [-0.25, -0.2) is 9.13 Å². The monoisotopic (exact) mass is 1740 g/mol. The summed E-state index contributed by atoms with van der Waals surface area (Å²) in [5.74, 6) is -1.56. The van der Waals surface area contributed by atoms with Gasteiger partial charge in [-0.1, -0.05) is 417 Å². The topological polar surface area (TPSA) is 231 Å². The number of carbonyl (C=O) groups is 3. The maximum atomic E-state index is 13.0. The Labute approximate surface area is 740 Å². The van der Waals surface area contributed by atoms with Gasteiger partial charge in [-0.15, -0.1) is 0 Å². The van der Waals surface area contributed by atoms with Crippen molar-refractivity contribution in [2.24, 2.45) is 0 Å². The summed E-state index contributed by atoms with van der Waals surface area (Å²) in [5, 5.41) is 20.7. The van der Waals surface area contributed by atoms with Crippen molar-refractivity contribution in [3.8, 4) is 0 Å². The van der Waals surface area contributed by atoms with E-state index in [0.717, 1.165) is 148 Å². The van der Waals surface area contributed by atoms with Crippen molar-refractivity contribution < 1.29 is 75.8 Å². The molecular weight excluding hydrogens is 1560 g/mol. The molecule has 0 bridgehead atoms. The van der Waals surface area contributed by atoms with Crippen LogP contribution in [0.3, 0.4) is 0 Å². The Bertz CT molecular complexity index is 2780. The summed E-state index contributed by atoms with van der Waals surface area (Å²) in [6, 6.07) is 0. The molecule has 0 aromatic carbocycles. The summed E-state index contributed by atoms with van der Waals surface area (Å²) < 4.78 is 61.5. The minimum Gasteiger partial charge on any atom is -0.463 e. The molecule has 0 fully saturated rings. The molecule has 0 aromatic heterocycles. The first-order valence-electron chi connectivity index (χ1n) is 49.1. The van der Waals surface area contributed by atoms with Crippen LogP contribution in [-0.4, -0.2) is 95.9 Å². The van der Waals surface area contributed by atoms with Crippen LogP contribution in [0.15, 0.2) is 146 Å². The molecule has 0 aliphatic heterocycles. The molecule has 0 saturated heterocycles. The number of phosphoric acid groups is 2. The van der Waals surface area contributed by atoms with Gasteiger partial charge >= 0.3 is 33.6 Å². The Hall–Kier alpha value is -4.57. The van der Waals surface area contributed by atoms with Gasteiger partial charge in [0.25, 0.3) is 0 Å². The van der Waals surface area contributed by atoms with E-state index in [1.54, 1.807) is 0 Å². The quantitative estimate of drug-likeness (QED) is 0.0146. The lowest BCUT2D eigenvalue weighted by Crippen LogP contribution is -2.30. The molecule has 0 heterocycles. The Morgan fingerprint density at radius 2 is 0.438 bits per heavy atom. The zero-order valence-corrected chi connectivity index (χ0v) is 79.0. The van der Waals surface area contributed by atoms with Crippen molar-refractivity contribution in [2.45, 2.75) is 450 Å². The largest absolute Gasteiger partial charge is 0.472 e. The number of ether oxygens (including phenoxy) is 3. The molecule has 16 nitrogen and oxygen atoms in total. The molecule has 0 aliphatic carbocycles. The van der Waals surface area contributed by atoms with Crippen LogP contribution in [-0.2, 0) is 55.8 Å². The van der Waals surface area contributed by atoms with Crippen LogP contribution in [0.5, 0.6) is 0 Å². The minimum atomic E-state index is -4.94. The minimum absolute atomic E-state index is 0.0966. The van der Waals surface area contributed by atoms with E-state index in [4.69, 9.17) is 32.3 Å². The maximum Gasteiger partial charge on any atom is 0.472 e. The van der Waals surface area contributed by atoms with Crippen LogP contribution < -0.4 is 0 Å². The molecule has 0 radical (unpaired) electrons. The molecule has 0 rings (SSSR count). The zero-order valence-electron chi connectivity index (χ0n) is 77.2. The summed E-state index contributed by atoms with van der Waals surface area (Å²) in [7, 11) is -9.80. The number of aliphatic hydroxyl groups excluding tert-OH is 2. The van der Waals surface area contributed by atoms with E-state index in [1.807, 2.05) is 0 Å².